The Bertz CT molecular complexity index is 639. The second-order valence-electron chi connectivity index (χ2n) is 4.51. The van der Waals surface area contributed by atoms with Crippen molar-refractivity contribution in [2.75, 3.05) is 0 Å². The summed E-state index contributed by atoms with van der Waals surface area (Å²) >= 11 is 0. The maximum atomic E-state index is 11.1. The summed E-state index contributed by atoms with van der Waals surface area (Å²) < 4.78 is 0. The van der Waals surface area contributed by atoms with Crippen LogP contribution < -0.4 is 0 Å². The molecule has 1 N–H and O–H groups in total. The lowest BCUT2D eigenvalue weighted by Crippen LogP contribution is -1.98. The number of benzene rings is 2. The molecule has 0 aliphatic carbocycles. The van der Waals surface area contributed by atoms with Crippen LogP contribution in [0.25, 0.3) is 12.2 Å². The minimum absolute atomic E-state index is 0.323. The lowest BCUT2D eigenvalue weighted by Gasteiger charge is -2.04. The first-order valence-electron chi connectivity index (χ1n) is 6.16. The molecule has 0 unspecified atom stereocenters. The first-order chi connectivity index (χ1) is 9.09. The smallest absolute Gasteiger partial charge is 0.336 e. The molecule has 2 nitrogen and oxygen atoms in total. The molecule has 0 spiro atoms. The van der Waals surface area contributed by atoms with E-state index in [1.165, 1.54) is 11.1 Å². The van der Waals surface area contributed by atoms with Crippen LogP contribution in [0.15, 0.2) is 42.5 Å². The van der Waals surface area contributed by atoms with Gasteiger partial charge in [0.05, 0.1) is 5.56 Å². The number of hydrogen-bond donors (Lipinski definition) is 1. The maximum absolute atomic E-state index is 11.1. The van der Waals surface area contributed by atoms with Gasteiger partial charge in [-0.15, -0.1) is 0 Å². The van der Waals surface area contributed by atoms with Gasteiger partial charge in [0.25, 0.3) is 0 Å². The summed E-state index contributed by atoms with van der Waals surface area (Å²) in [5.41, 5.74) is 4.60. The highest BCUT2D eigenvalue weighted by atomic mass is 16.4. The Balaban J connectivity index is 2.38. The predicted molar refractivity (Wildman–Crippen MR) is 78.2 cm³/mol. The van der Waals surface area contributed by atoms with E-state index in [0.717, 1.165) is 11.1 Å². The van der Waals surface area contributed by atoms with Crippen molar-refractivity contribution in [2.24, 2.45) is 0 Å². The zero-order chi connectivity index (χ0) is 13.8. The summed E-state index contributed by atoms with van der Waals surface area (Å²) in [5, 5.41) is 9.13. The summed E-state index contributed by atoms with van der Waals surface area (Å²) in [4.78, 5) is 11.1. The number of carboxylic acids is 1. The van der Waals surface area contributed by atoms with Gasteiger partial charge in [-0.1, -0.05) is 48.6 Å². The highest BCUT2D eigenvalue weighted by Crippen LogP contribution is 2.17. The van der Waals surface area contributed by atoms with Gasteiger partial charge in [0, 0.05) is 0 Å². The zero-order valence-electron chi connectivity index (χ0n) is 11.1. The van der Waals surface area contributed by atoms with Gasteiger partial charge >= 0.3 is 5.97 Å². The number of aromatic carboxylic acids is 1. The molecule has 0 radical (unpaired) electrons. The fraction of sp³-hybridized carbons (Fsp3) is 0.118. The lowest BCUT2D eigenvalue weighted by atomic mass is 10.0. The molecule has 2 heteroatoms. The molecular weight excluding hydrogens is 236 g/mol. The van der Waals surface area contributed by atoms with E-state index in [0.29, 0.717) is 5.56 Å². The molecule has 0 fully saturated rings. The highest BCUT2D eigenvalue weighted by molar-refractivity contribution is 5.93. The normalized spacial score (nSPS) is 10.8. The Labute approximate surface area is 113 Å². The Morgan fingerprint density at radius 2 is 1.58 bits per heavy atom. The minimum Gasteiger partial charge on any atom is -0.478 e. The van der Waals surface area contributed by atoms with Crippen molar-refractivity contribution in [1.82, 2.24) is 0 Å². The van der Waals surface area contributed by atoms with Crippen molar-refractivity contribution in [1.29, 1.82) is 0 Å². The summed E-state index contributed by atoms with van der Waals surface area (Å²) in [6, 6.07) is 13.1. The number of carboxylic acid groups (broad SMARTS) is 1. The van der Waals surface area contributed by atoms with E-state index in [2.05, 4.69) is 19.9 Å². The average Bonchev–Trinajstić information content (AvgIpc) is 2.40. The first kappa shape index (κ1) is 13.1. The van der Waals surface area contributed by atoms with E-state index >= 15 is 0 Å². The molecule has 2 rings (SSSR count). The summed E-state index contributed by atoms with van der Waals surface area (Å²) in [5.74, 6) is -0.902. The third-order valence-electron chi connectivity index (χ3n) is 3.28. The van der Waals surface area contributed by atoms with Crippen molar-refractivity contribution in [3.8, 4) is 0 Å². The van der Waals surface area contributed by atoms with Crippen molar-refractivity contribution in [3.05, 3.63) is 70.3 Å². The van der Waals surface area contributed by atoms with Crippen LogP contribution in [-0.4, -0.2) is 11.1 Å². The topological polar surface area (TPSA) is 37.3 Å². The monoisotopic (exact) mass is 252 g/mol. The Hall–Kier alpha value is -2.35. The second-order valence-corrected chi connectivity index (χ2v) is 4.51. The Morgan fingerprint density at radius 1 is 0.947 bits per heavy atom. The fourth-order valence-electron chi connectivity index (χ4n) is 1.97. The number of rotatable bonds is 3. The van der Waals surface area contributed by atoms with E-state index in [9.17, 15) is 4.79 Å². The van der Waals surface area contributed by atoms with Gasteiger partial charge < -0.3 is 5.11 Å². The van der Waals surface area contributed by atoms with E-state index in [1.54, 1.807) is 12.1 Å². The van der Waals surface area contributed by atoms with E-state index in [1.807, 2.05) is 36.4 Å². The average molecular weight is 252 g/mol. The molecule has 96 valence electrons. The molecule has 0 atom stereocenters. The van der Waals surface area contributed by atoms with Crippen LogP contribution in [0.2, 0.25) is 0 Å². The summed E-state index contributed by atoms with van der Waals surface area (Å²) in [7, 11) is 0. The largest absolute Gasteiger partial charge is 0.478 e. The van der Waals surface area contributed by atoms with Gasteiger partial charge in [-0.3, -0.25) is 0 Å². The van der Waals surface area contributed by atoms with Gasteiger partial charge in [-0.25, -0.2) is 4.79 Å². The third-order valence-corrected chi connectivity index (χ3v) is 3.28. The van der Waals surface area contributed by atoms with Crippen LogP contribution in [0.3, 0.4) is 0 Å². The van der Waals surface area contributed by atoms with E-state index < -0.39 is 5.97 Å². The van der Waals surface area contributed by atoms with Crippen LogP contribution in [0.1, 0.15) is 32.6 Å². The number of aryl methyl sites for hydroxylation is 1. The quantitative estimate of drug-likeness (QED) is 0.832. The standard InChI is InChI=1S/C17H16O2/c1-12-6-5-8-14(13(12)2)10-11-15-7-3-4-9-16(15)17(18)19/h3-11H,1-2H3,(H,18,19)/b11-10-. The summed E-state index contributed by atoms with van der Waals surface area (Å²) in [6.07, 6.45) is 3.81. The molecule has 0 saturated carbocycles. The lowest BCUT2D eigenvalue weighted by molar-refractivity contribution is 0.0696. The summed E-state index contributed by atoms with van der Waals surface area (Å²) in [6.45, 7) is 4.13. The molecule has 0 heterocycles. The van der Waals surface area contributed by atoms with Crippen LogP contribution in [0.4, 0.5) is 0 Å². The highest BCUT2D eigenvalue weighted by Gasteiger charge is 2.06. The van der Waals surface area contributed by atoms with Crippen LogP contribution in [-0.2, 0) is 0 Å². The second kappa shape index (κ2) is 5.53. The van der Waals surface area contributed by atoms with Gasteiger partial charge in [-0.05, 0) is 42.2 Å². The minimum atomic E-state index is -0.902. The first-order valence-corrected chi connectivity index (χ1v) is 6.16. The SMILES string of the molecule is Cc1cccc(/C=C\c2ccccc2C(=O)O)c1C. The molecular formula is C17H16O2. The van der Waals surface area contributed by atoms with E-state index in [4.69, 9.17) is 5.11 Å². The Kier molecular flexibility index (Phi) is 3.81. The molecule has 2 aromatic carbocycles. The molecule has 2 aromatic rings. The van der Waals surface area contributed by atoms with Crippen molar-refractivity contribution in [2.45, 2.75) is 13.8 Å². The molecule has 19 heavy (non-hydrogen) atoms. The molecule has 0 amide bonds. The molecule has 0 aliphatic heterocycles. The van der Waals surface area contributed by atoms with Crippen LogP contribution >= 0.6 is 0 Å². The third kappa shape index (κ3) is 2.91. The molecule has 0 aromatic heterocycles. The zero-order valence-corrected chi connectivity index (χ0v) is 11.1. The molecule has 0 saturated heterocycles. The van der Waals surface area contributed by atoms with Crippen molar-refractivity contribution in [3.63, 3.8) is 0 Å². The van der Waals surface area contributed by atoms with Gasteiger partial charge in [-0.2, -0.15) is 0 Å². The van der Waals surface area contributed by atoms with Gasteiger partial charge in [0.1, 0.15) is 0 Å². The number of hydrogen-bond acceptors (Lipinski definition) is 1. The van der Waals surface area contributed by atoms with Crippen LogP contribution in [0, 0.1) is 13.8 Å². The van der Waals surface area contributed by atoms with Crippen LogP contribution in [0.5, 0.6) is 0 Å². The van der Waals surface area contributed by atoms with Crippen molar-refractivity contribution >= 4 is 18.1 Å². The maximum Gasteiger partial charge on any atom is 0.336 e. The Morgan fingerprint density at radius 3 is 2.32 bits per heavy atom. The predicted octanol–water partition coefficient (Wildman–Crippen LogP) is 4.17. The molecule has 0 aliphatic rings. The van der Waals surface area contributed by atoms with Gasteiger partial charge in [0.2, 0.25) is 0 Å². The van der Waals surface area contributed by atoms with E-state index in [-0.39, 0.29) is 0 Å². The van der Waals surface area contributed by atoms with Gasteiger partial charge in [0.15, 0.2) is 0 Å². The van der Waals surface area contributed by atoms with Crippen molar-refractivity contribution < 1.29 is 9.90 Å². The molecule has 0 bridgehead atoms. The number of carbonyl (C=O) groups is 1. The fourth-order valence-corrected chi connectivity index (χ4v) is 1.97.